The highest BCUT2D eigenvalue weighted by molar-refractivity contribution is 5.49. The Morgan fingerprint density at radius 3 is 1.61 bits per heavy atom. The molecule has 0 fully saturated rings. The number of benzene rings is 2. The van der Waals surface area contributed by atoms with E-state index < -0.39 is 0 Å². The van der Waals surface area contributed by atoms with Gasteiger partial charge in [0.1, 0.15) is 0 Å². The van der Waals surface area contributed by atoms with Crippen LogP contribution in [0.2, 0.25) is 0 Å². The van der Waals surface area contributed by atoms with Crippen molar-refractivity contribution in [2.45, 2.75) is 106 Å². The summed E-state index contributed by atoms with van der Waals surface area (Å²) in [6.07, 6.45) is 2.55. The second kappa shape index (κ2) is 9.77. The minimum absolute atomic E-state index is 0.278. The minimum Gasteiger partial charge on any atom is -0.0683 e. The van der Waals surface area contributed by atoms with E-state index in [9.17, 15) is 0 Å². The number of rotatable bonds is 2. The molecule has 0 nitrogen and oxygen atoms in total. The lowest BCUT2D eigenvalue weighted by atomic mass is 9.62. The highest BCUT2D eigenvalue weighted by Gasteiger charge is 2.37. The van der Waals surface area contributed by atoms with Crippen LogP contribution in [0.5, 0.6) is 0 Å². The normalized spacial score (nSPS) is 17.2. The van der Waals surface area contributed by atoms with E-state index in [4.69, 9.17) is 0 Å². The molecule has 0 radical (unpaired) electrons. The zero-order valence-corrected chi connectivity index (χ0v) is 20.5. The molecular formula is C28H44. The van der Waals surface area contributed by atoms with Crippen LogP contribution in [0, 0.1) is 13.8 Å². The summed E-state index contributed by atoms with van der Waals surface area (Å²) < 4.78 is 0. The van der Waals surface area contributed by atoms with E-state index in [1.165, 1.54) is 35.1 Å². The molecule has 0 saturated carbocycles. The summed E-state index contributed by atoms with van der Waals surface area (Å²) in [4.78, 5) is 0. The first-order valence-corrected chi connectivity index (χ1v) is 11.3. The molecule has 0 spiro atoms. The Labute approximate surface area is 175 Å². The third-order valence-corrected chi connectivity index (χ3v) is 6.28. The summed E-state index contributed by atoms with van der Waals surface area (Å²) in [5, 5.41) is 0. The molecule has 0 amide bonds. The molecule has 0 aliphatic heterocycles. The van der Waals surface area contributed by atoms with Crippen molar-refractivity contribution in [3.8, 4) is 0 Å². The maximum atomic E-state index is 2.52. The first-order valence-electron chi connectivity index (χ1n) is 11.3. The number of aryl methyl sites for hydroxylation is 2. The van der Waals surface area contributed by atoms with E-state index in [1.54, 1.807) is 11.1 Å². The maximum absolute atomic E-state index is 2.52. The standard InChI is InChI=1S/C24H32.2C2H6/c1-16-8-10-19(11-9-16)18(3)20-15-22-21(14-17(20)2)23(4,5)12-13-24(22,6)7;2*1-2/h8-11,14-15,18H,12-13H2,1-7H3;2*1-2H3. The molecule has 3 rings (SSSR count). The van der Waals surface area contributed by atoms with E-state index in [2.05, 4.69) is 84.9 Å². The van der Waals surface area contributed by atoms with Crippen LogP contribution in [0.4, 0.5) is 0 Å². The third kappa shape index (κ3) is 5.07. The van der Waals surface area contributed by atoms with Gasteiger partial charge in [0.25, 0.3) is 0 Å². The van der Waals surface area contributed by atoms with Gasteiger partial charge in [-0.2, -0.15) is 0 Å². The highest BCUT2D eigenvalue weighted by Crippen LogP contribution is 2.47. The monoisotopic (exact) mass is 380 g/mol. The van der Waals surface area contributed by atoms with E-state index in [0.717, 1.165) is 0 Å². The predicted molar refractivity (Wildman–Crippen MR) is 128 cm³/mol. The molecule has 0 aromatic heterocycles. The summed E-state index contributed by atoms with van der Waals surface area (Å²) in [5.41, 5.74) is 9.37. The van der Waals surface area contributed by atoms with Gasteiger partial charge in [-0.25, -0.2) is 0 Å². The number of hydrogen-bond donors (Lipinski definition) is 0. The molecule has 0 bridgehead atoms. The Balaban J connectivity index is 0.000000921. The Hall–Kier alpha value is -1.56. The third-order valence-electron chi connectivity index (χ3n) is 6.28. The Morgan fingerprint density at radius 2 is 1.14 bits per heavy atom. The summed E-state index contributed by atoms with van der Waals surface area (Å²) in [6.45, 7) is 24.4. The van der Waals surface area contributed by atoms with E-state index in [0.29, 0.717) is 11.3 Å². The molecule has 1 aliphatic rings. The van der Waals surface area contributed by atoms with Crippen LogP contribution >= 0.6 is 0 Å². The number of fused-ring (bicyclic) bond motifs is 1. The Kier molecular flexibility index (Phi) is 8.54. The van der Waals surface area contributed by atoms with Crippen molar-refractivity contribution in [3.63, 3.8) is 0 Å². The van der Waals surface area contributed by atoms with Crippen molar-refractivity contribution in [3.05, 3.63) is 69.8 Å². The molecule has 1 atom stereocenters. The van der Waals surface area contributed by atoms with E-state index in [1.807, 2.05) is 27.7 Å². The predicted octanol–water partition coefficient (Wildman–Crippen LogP) is 8.86. The lowest BCUT2D eigenvalue weighted by Crippen LogP contribution is -2.34. The van der Waals surface area contributed by atoms with Crippen LogP contribution in [0.3, 0.4) is 0 Å². The molecular weight excluding hydrogens is 336 g/mol. The largest absolute Gasteiger partial charge is 0.0683 e. The lowest BCUT2D eigenvalue weighted by Gasteiger charge is -2.42. The van der Waals surface area contributed by atoms with Crippen molar-refractivity contribution < 1.29 is 0 Å². The molecule has 0 heterocycles. The van der Waals surface area contributed by atoms with Gasteiger partial charge in [0.2, 0.25) is 0 Å². The second-order valence-corrected chi connectivity index (χ2v) is 9.15. The van der Waals surface area contributed by atoms with Gasteiger partial charge in [-0.1, -0.05) is 104 Å². The minimum atomic E-state index is 0.278. The van der Waals surface area contributed by atoms with Crippen molar-refractivity contribution in [1.82, 2.24) is 0 Å². The zero-order chi connectivity index (χ0) is 21.7. The quantitative estimate of drug-likeness (QED) is 0.488. The van der Waals surface area contributed by atoms with Gasteiger partial charge in [-0.15, -0.1) is 0 Å². The fourth-order valence-electron chi connectivity index (χ4n) is 4.24. The van der Waals surface area contributed by atoms with Crippen molar-refractivity contribution in [1.29, 1.82) is 0 Å². The summed E-state index contributed by atoms with van der Waals surface area (Å²) in [6, 6.07) is 14.0. The van der Waals surface area contributed by atoms with Gasteiger partial charge >= 0.3 is 0 Å². The molecule has 2 aromatic rings. The maximum Gasteiger partial charge on any atom is 0.00637 e. The van der Waals surface area contributed by atoms with Gasteiger partial charge in [0, 0.05) is 5.92 Å². The van der Waals surface area contributed by atoms with Crippen LogP contribution < -0.4 is 0 Å². The molecule has 1 aliphatic carbocycles. The first-order chi connectivity index (χ1) is 13.1. The fourth-order valence-corrected chi connectivity index (χ4v) is 4.24. The molecule has 2 aromatic carbocycles. The average Bonchev–Trinajstić information content (AvgIpc) is 2.68. The van der Waals surface area contributed by atoms with Crippen LogP contribution in [-0.4, -0.2) is 0 Å². The van der Waals surface area contributed by atoms with Crippen molar-refractivity contribution in [2.24, 2.45) is 0 Å². The zero-order valence-electron chi connectivity index (χ0n) is 20.5. The summed E-state index contributed by atoms with van der Waals surface area (Å²) in [5.74, 6) is 0.441. The SMILES string of the molecule is CC.CC.Cc1ccc(C(C)c2cc3c(cc2C)C(C)(C)CCC3(C)C)cc1. The van der Waals surface area contributed by atoms with Crippen LogP contribution in [0.1, 0.15) is 114 Å². The average molecular weight is 381 g/mol. The molecule has 0 heteroatoms. The van der Waals surface area contributed by atoms with Crippen molar-refractivity contribution in [2.75, 3.05) is 0 Å². The van der Waals surface area contributed by atoms with Gasteiger partial charge in [-0.05, 0) is 65.3 Å². The van der Waals surface area contributed by atoms with Crippen molar-refractivity contribution >= 4 is 0 Å². The first kappa shape index (κ1) is 24.5. The van der Waals surface area contributed by atoms with Gasteiger partial charge in [0.05, 0.1) is 0 Å². The lowest BCUT2D eigenvalue weighted by molar-refractivity contribution is 0.331. The summed E-state index contributed by atoms with van der Waals surface area (Å²) in [7, 11) is 0. The molecule has 0 saturated heterocycles. The van der Waals surface area contributed by atoms with E-state index >= 15 is 0 Å². The topological polar surface area (TPSA) is 0 Å². The highest BCUT2D eigenvalue weighted by atomic mass is 14.4. The summed E-state index contributed by atoms with van der Waals surface area (Å²) >= 11 is 0. The van der Waals surface area contributed by atoms with E-state index in [-0.39, 0.29) is 5.41 Å². The Bertz CT molecular complexity index is 744. The Morgan fingerprint density at radius 1 is 0.714 bits per heavy atom. The fraction of sp³-hybridized carbons (Fsp3) is 0.571. The smallest absolute Gasteiger partial charge is 0.00637 e. The molecule has 28 heavy (non-hydrogen) atoms. The molecule has 156 valence electrons. The molecule has 1 unspecified atom stereocenters. The second-order valence-electron chi connectivity index (χ2n) is 9.15. The van der Waals surface area contributed by atoms with Gasteiger partial charge < -0.3 is 0 Å². The van der Waals surface area contributed by atoms with Crippen LogP contribution in [-0.2, 0) is 10.8 Å². The van der Waals surface area contributed by atoms with Crippen LogP contribution in [0.15, 0.2) is 36.4 Å². The van der Waals surface area contributed by atoms with Gasteiger partial charge in [0.15, 0.2) is 0 Å². The number of hydrogen-bond acceptors (Lipinski definition) is 0. The molecule has 0 N–H and O–H groups in total. The van der Waals surface area contributed by atoms with Gasteiger partial charge in [-0.3, -0.25) is 0 Å². The van der Waals surface area contributed by atoms with Crippen LogP contribution in [0.25, 0.3) is 0 Å².